The van der Waals surface area contributed by atoms with Crippen molar-refractivity contribution in [3.8, 4) is 0 Å². The Morgan fingerprint density at radius 2 is 2.22 bits per heavy atom. The highest BCUT2D eigenvalue weighted by Gasteiger charge is 2.15. The van der Waals surface area contributed by atoms with Crippen molar-refractivity contribution < 1.29 is 14.6 Å². The lowest BCUT2D eigenvalue weighted by Gasteiger charge is -2.13. The second kappa shape index (κ2) is 5.98. The Balaban J connectivity index is 1.96. The van der Waals surface area contributed by atoms with E-state index < -0.39 is 0 Å². The maximum atomic E-state index is 12.0. The number of fused-ring (bicyclic) bond motifs is 1. The van der Waals surface area contributed by atoms with Crippen LogP contribution in [0.1, 0.15) is 41.3 Å². The molecule has 0 aliphatic carbocycles. The second-order valence-corrected chi connectivity index (χ2v) is 4.72. The van der Waals surface area contributed by atoms with Gasteiger partial charge in [0.15, 0.2) is 0 Å². The Labute approximate surface area is 107 Å². The van der Waals surface area contributed by atoms with Crippen molar-refractivity contribution in [1.82, 2.24) is 5.32 Å². The molecule has 4 nitrogen and oxygen atoms in total. The molecule has 0 saturated heterocycles. The third-order valence-electron chi connectivity index (χ3n) is 3.16. The van der Waals surface area contributed by atoms with Crippen LogP contribution in [0.4, 0.5) is 0 Å². The molecule has 2 N–H and O–H groups in total. The molecule has 0 bridgehead atoms. The third kappa shape index (κ3) is 3.09. The molecule has 0 fully saturated rings. The van der Waals surface area contributed by atoms with Crippen LogP contribution in [0.25, 0.3) is 0 Å². The quantitative estimate of drug-likeness (QED) is 0.833. The summed E-state index contributed by atoms with van der Waals surface area (Å²) in [5, 5.41) is 11.7. The van der Waals surface area contributed by atoms with Crippen LogP contribution in [0.15, 0.2) is 18.2 Å². The molecule has 1 atom stereocenters. The molecule has 4 heteroatoms. The van der Waals surface area contributed by atoms with Crippen LogP contribution < -0.4 is 5.32 Å². The van der Waals surface area contributed by atoms with Gasteiger partial charge in [-0.15, -0.1) is 0 Å². The monoisotopic (exact) mass is 249 g/mol. The standard InChI is InChI=1S/C14H19NO3/c1-10(3-2-6-16)15-14(17)11-4-5-12-8-18-9-13(12)7-11/h4-5,7,10,16H,2-3,6,8-9H2,1H3,(H,15,17). The Morgan fingerprint density at radius 3 is 3.00 bits per heavy atom. The summed E-state index contributed by atoms with van der Waals surface area (Å²) in [5.41, 5.74) is 2.95. The minimum absolute atomic E-state index is 0.0601. The highest BCUT2D eigenvalue weighted by molar-refractivity contribution is 5.94. The molecule has 18 heavy (non-hydrogen) atoms. The average Bonchev–Trinajstić information content (AvgIpc) is 2.83. The topological polar surface area (TPSA) is 58.6 Å². The number of hydrogen-bond donors (Lipinski definition) is 2. The highest BCUT2D eigenvalue weighted by Crippen LogP contribution is 2.20. The van der Waals surface area contributed by atoms with Crippen molar-refractivity contribution in [2.24, 2.45) is 0 Å². The van der Waals surface area contributed by atoms with Crippen molar-refractivity contribution in [3.63, 3.8) is 0 Å². The lowest BCUT2D eigenvalue weighted by Crippen LogP contribution is -2.32. The Kier molecular flexibility index (Phi) is 4.33. The van der Waals surface area contributed by atoms with E-state index in [4.69, 9.17) is 9.84 Å². The van der Waals surface area contributed by atoms with Crippen LogP contribution in [0.2, 0.25) is 0 Å². The fourth-order valence-electron chi connectivity index (χ4n) is 2.09. The third-order valence-corrected chi connectivity index (χ3v) is 3.16. The SMILES string of the molecule is CC(CCCO)NC(=O)c1ccc2c(c1)COC2. The fraction of sp³-hybridized carbons (Fsp3) is 0.500. The fourth-order valence-corrected chi connectivity index (χ4v) is 2.09. The van der Waals surface area contributed by atoms with Crippen LogP contribution >= 0.6 is 0 Å². The first-order valence-electron chi connectivity index (χ1n) is 6.32. The smallest absolute Gasteiger partial charge is 0.251 e. The number of carbonyl (C=O) groups is 1. The van der Waals surface area contributed by atoms with Gasteiger partial charge in [-0.25, -0.2) is 0 Å². The Bertz CT molecular complexity index is 431. The average molecular weight is 249 g/mol. The van der Waals surface area contributed by atoms with Crippen LogP contribution in [0, 0.1) is 0 Å². The van der Waals surface area contributed by atoms with Crippen LogP contribution in [0.3, 0.4) is 0 Å². The summed E-state index contributed by atoms with van der Waals surface area (Å²) in [6.45, 7) is 3.35. The molecule has 1 aromatic rings. The summed E-state index contributed by atoms with van der Waals surface area (Å²) in [4.78, 5) is 12.0. The van der Waals surface area contributed by atoms with E-state index in [0.717, 1.165) is 12.0 Å². The molecule has 1 amide bonds. The maximum Gasteiger partial charge on any atom is 0.251 e. The van der Waals surface area contributed by atoms with E-state index in [1.165, 1.54) is 5.56 Å². The van der Waals surface area contributed by atoms with Crippen molar-refractivity contribution in [2.75, 3.05) is 6.61 Å². The van der Waals surface area contributed by atoms with Gasteiger partial charge in [0.1, 0.15) is 0 Å². The lowest BCUT2D eigenvalue weighted by molar-refractivity contribution is 0.0936. The number of nitrogens with one attached hydrogen (secondary N) is 1. The largest absolute Gasteiger partial charge is 0.396 e. The van der Waals surface area contributed by atoms with Crippen molar-refractivity contribution in [3.05, 3.63) is 34.9 Å². The molecular formula is C14H19NO3. The van der Waals surface area contributed by atoms with Crippen molar-refractivity contribution in [2.45, 2.75) is 39.0 Å². The molecule has 1 aromatic carbocycles. The summed E-state index contributed by atoms with van der Waals surface area (Å²) < 4.78 is 5.32. The molecule has 1 heterocycles. The van der Waals surface area contributed by atoms with Crippen LogP contribution in [-0.4, -0.2) is 23.7 Å². The van der Waals surface area contributed by atoms with Gasteiger partial charge < -0.3 is 15.2 Å². The zero-order valence-corrected chi connectivity index (χ0v) is 10.6. The van der Waals surface area contributed by atoms with E-state index in [0.29, 0.717) is 25.2 Å². The normalized spacial score (nSPS) is 15.2. The number of aliphatic hydroxyl groups excluding tert-OH is 1. The second-order valence-electron chi connectivity index (χ2n) is 4.72. The summed E-state index contributed by atoms with van der Waals surface area (Å²) in [6, 6.07) is 5.77. The highest BCUT2D eigenvalue weighted by atomic mass is 16.5. The Morgan fingerprint density at radius 1 is 1.44 bits per heavy atom. The van der Waals surface area contributed by atoms with Gasteiger partial charge in [-0.1, -0.05) is 6.07 Å². The zero-order valence-electron chi connectivity index (χ0n) is 10.6. The molecule has 0 spiro atoms. The van der Waals surface area contributed by atoms with E-state index in [9.17, 15) is 4.79 Å². The molecule has 0 saturated carbocycles. The number of carbonyl (C=O) groups excluding carboxylic acids is 1. The lowest BCUT2D eigenvalue weighted by atomic mass is 10.1. The van der Waals surface area contributed by atoms with Gasteiger partial charge in [0.05, 0.1) is 13.2 Å². The van der Waals surface area contributed by atoms with E-state index in [2.05, 4.69) is 5.32 Å². The van der Waals surface area contributed by atoms with Gasteiger partial charge in [0.2, 0.25) is 0 Å². The number of benzene rings is 1. The predicted molar refractivity (Wildman–Crippen MR) is 68.2 cm³/mol. The van der Waals surface area contributed by atoms with E-state index in [-0.39, 0.29) is 18.6 Å². The number of rotatable bonds is 5. The molecule has 0 radical (unpaired) electrons. The van der Waals surface area contributed by atoms with Crippen LogP contribution in [-0.2, 0) is 18.0 Å². The molecular weight excluding hydrogens is 230 g/mol. The molecule has 1 aliphatic rings. The van der Waals surface area contributed by atoms with Gasteiger partial charge in [0, 0.05) is 18.2 Å². The summed E-state index contributed by atoms with van der Waals surface area (Å²) in [6.07, 6.45) is 1.50. The number of amides is 1. The van der Waals surface area contributed by atoms with Gasteiger partial charge in [-0.05, 0) is 43.0 Å². The Hall–Kier alpha value is -1.39. The van der Waals surface area contributed by atoms with Gasteiger partial charge in [-0.3, -0.25) is 4.79 Å². The molecule has 1 unspecified atom stereocenters. The zero-order chi connectivity index (χ0) is 13.0. The first kappa shape index (κ1) is 13.1. The van der Waals surface area contributed by atoms with Gasteiger partial charge in [-0.2, -0.15) is 0 Å². The maximum absolute atomic E-state index is 12.0. The van der Waals surface area contributed by atoms with Crippen LogP contribution in [0.5, 0.6) is 0 Å². The van der Waals surface area contributed by atoms with E-state index in [1.54, 1.807) is 0 Å². The van der Waals surface area contributed by atoms with Crippen molar-refractivity contribution >= 4 is 5.91 Å². The van der Waals surface area contributed by atoms with Gasteiger partial charge >= 0.3 is 0 Å². The molecule has 1 aliphatic heterocycles. The minimum Gasteiger partial charge on any atom is -0.396 e. The minimum atomic E-state index is -0.0601. The van der Waals surface area contributed by atoms with Crippen molar-refractivity contribution in [1.29, 1.82) is 0 Å². The number of hydrogen-bond acceptors (Lipinski definition) is 3. The molecule has 2 rings (SSSR count). The van der Waals surface area contributed by atoms with Gasteiger partial charge in [0.25, 0.3) is 5.91 Å². The van der Waals surface area contributed by atoms with E-state index >= 15 is 0 Å². The summed E-state index contributed by atoms with van der Waals surface area (Å²) in [5.74, 6) is -0.0601. The first-order valence-corrected chi connectivity index (χ1v) is 6.32. The number of ether oxygens (including phenoxy) is 1. The first-order chi connectivity index (χ1) is 8.70. The molecule has 98 valence electrons. The number of aliphatic hydroxyl groups is 1. The summed E-state index contributed by atoms with van der Waals surface area (Å²) >= 11 is 0. The van der Waals surface area contributed by atoms with E-state index in [1.807, 2.05) is 25.1 Å². The molecule has 0 aromatic heterocycles. The predicted octanol–water partition coefficient (Wildman–Crippen LogP) is 1.61. The summed E-state index contributed by atoms with van der Waals surface area (Å²) in [7, 11) is 0.